The maximum Gasteiger partial charge on any atom is 0.407 e. The number of amides is 1. The van der Waals surface area contributed by atoms with Crippen LogP contribution >= 0.6 is 0 Å². The molecule has 0 aliphatic carbocycles. The minimum absolute atomic E-state index is 0.0163. The number of nitrogens with zero attached hydrogens (tertiary/aromatic N) is 5. The number of piperidine rings is 1. The molecule has 0 spiro atoms. The molecular weight excluding hydrogens is 433 g/mol. The van der Waals surface area contributed by atoms with Gasteiger partial charge in [-0.25, -0.2) is 14.2 Å². The van der Waals surface area contributed by atoms with E-state index in [2.05, 4.69) is 30.9 Å². The Bertz CT molecular complexity index is 1410. The molecule has 0 saturated carbocycles. The van der Waals surface area contributed by atoms with Crippen LogP contribution in [0.3, 0.4) is 0 Å². The summed E-state index contributed by atoms with van der Waals surface area (Å²) in [5, 5.41) is 15.0. The molecule has 178 valence electrons. The quantitative estimate of drug-likeness (QED) is 0.405. The van der Waals surface area contributed by atoms with E-state index in [-0.39, 0.29) is 23.3 Å². The van der Waals surface area contributed by atoms with Gasteiger partial charge in [0.15, 0.2) is 5.82 Å². The van der Waals surface area contributed by atoms with E-state index in [9.17, 15) is 9.90 Å². The average molecular weight is 464 g/mol. The summed E-state index contributed by atoms with van der Waals surface area (Å²) in [6.45, 7) is 10.6. The van der Waals surface area contributed by atoms with E-state index in [0.717, 1.165) is 33.4 Å². The van der Waals surface area contributed by atoms with E-state index in [4.69, 9.17) is 0 Å². The van der Waals surface area contributed by atoms with Gasteiger partial charge in [-0.3, -0.25) is 4.68 Å². The second-order valence-electron chi connectivity index (χ2n) is 10.6. The number of likely N-dealkylation sites (tertiary alicyclic amines) is 1. The maximum atomic E-state index is 15.2. The number of hydrogen-bond acceptors (Lipinski definition) is 3. The number of fused-ring (bicyclic) bond motifs is 2. The molecule has 1 aromatic carbocycles. The number of rotatable bonds is 2. The Hall–Kier alpha value is -3.42. The molecule has 0 radical (unpaired) electrons. The molecule has 1 aliphatic rings. The lowest BCUT2D eigenvalue weighted by molar-refractivity contribution is 0.0409. The van der Waals surface area contributed by atoms with Crippen molar-refractivity contribution in [3.05, 3.63) is 53.9 Å². The van der Waals surface area contributed by atoms with Crippen LogP contribution in [0.25, 0.3) is 27.7 Å². The number of imidazole rings is 1. The van der Waals surface area contributed by atoms with Gasteiger partial charge in [0.1, 0.15) is 11.2 Å². The molecule has 3 aromatic heterocycles. The van der Waals surface area contributed by atoms with Crippen molar-refractivity contribution < 1.29 is 14.3 Å². The lowest BCUT2D eigenvalue weighted by atomic mass is 9.79. The maximum absolute atomic E-state index is 15.2. The van der Waals surface area contributed by atoms with Crippen molar-refractivity contribution in [3.8, 4) is 11.1 Å². The number of pyridine rings is 1. The molecule has 8 heteroatoms. The summed E-state index contributed by atoms with van der Waals surface area (Å²) >= 11 is 0. The lowest BCUT2D eigenvalue weighted by Crippen LogP contribution is -2.51. The van der Waals surface area contributed by atoms with Gasteiger partial charge in [-0.1, -0.05) is 20.8 Å². The Morgan fingerprint density at radius 1 is 1.12 bits per heavy atom. The standard InChI is InChI=1S/C26H30FN5O2/c1-15-8-18(13-30-12-16(2)28-24(15)30)17-9-19-14-32(29-23(19)21(27)10-17)20-6-7-31(25(33)34)22(11-20)26(3,4)5/h8-10,12-14,20,22H,6-7,11H2,1-5H3,(H,33,34). The number of carbonyl (C=O) groups is 1. The normalized spacial score (nSPS) is 19.3. The topological polar surface area (TPSA) is 75.7 Å². The molecule has 4 aromatic rings. The third kappa shape index (κ3) is 3.81. The minimum Gasteiger partial charge on any atom is -0.465 e. The van der Waals surface area contributed by atoms with Crippen LogP contribution in [0.1, 0.15) is 50.9 Å². The molecule has 0 bridgehead atoms. The van der Waals surface area contributed by atoms with Gasteiger partial charge in [0, 0.05) is 36.6 Å². The summed E-state index contributed by atoms with van der Waals surface area (Å²) in [6, 6.07) is 5.42. The van der Waals surface area contributed by atoms with E-state index in [0.29, 0.717) is 24.9 Å². The van der Waals surface area contributed by atoms with Crippen LogP contribution in [0.2, 0.25) is 0 Å². The molecular formula is C26H30FN5O2. The molecule has 4 heterocycles. The third-order valence-corrected chi connectivity index (χ3v) is 6.96. The van der Waals surface area contributed by atoms with Crippen molar-refractivity contribution in [2.45, 2.75) is 59.5 Å². The number of aromatic nitrogens is 4. The smallest absolute Gasteiger partial charge is 0.407 e. The van der Waals surface area contributed by atoms with Crippen molar-refractivity contribution in [1.82, 2.24) is 24.1 Å². The van der Waals surface area contributed by atoms with Crippen molar-refractivity contribution in [2.75, 3.05) is 6.54 Å². The fraction of sp³-hybridized carbons (Fsp3) is 0.423. The van der Waals surface area contributed by atoms with Crippen LogP contribution in [0.5, 0.6) is 0 Å². The van der Waals surface area contributed by atoms with Gasteiger partial charge in [0.25, 0.3) is 0 Å². The number of aryl methyl sites for hydroxylation is 2. The van der Waals surface area contributed by atoms with Crippen molar-refractivity contribution in [2.24, 2.45) is 5.41 Å². The SMILES string of the molecule is Cc1cn2cc(-c3cc(F)c4nn(C5CCN(C(=O)O)C(C(C)(C)C)C5)cc4c3)cc(C)c2n1. The first kappa shape index (κ1) is 22.4. The van der Waals surface area contributed by atoms with Crippen LogP contribution in [-0.2, 0) is 0 Å². The Morgan fingerprint density at radius 3 is 2.59 bits per heavy atom. The highest BCUT2D eigenvalue weighted by Gasteiger charge is 2.39. The van der Waals surface area contributed by atoms with Crippen LogP contribution in [-0.4, -0.2) is 47.9 Å². The van der Waals surface area contributed by atoms with E-state index >= 15 is 4.39 Å². The fourth-order valence-electron chi connectivity index (χ4n) is 5.25. The highest BCUT2D eigenvalue weighted by molar-refractivity contribution is 5.85. The Kier molecular flexibility index (Phi) is 5.15. The highest BCUT2D eigenvalue weighted by Crippen LogP contribution is 2.37. The highest BCUT2D eigenvalue weighted by atomic mass is 19.1. The van der Waals surface area contributed by atoms with Gasteiger partial charge in [-0.05, 0) is 67.0 Å². The summed E-state index contributed by atoms with van der Waals surface area (Å²) in [5.74, 6) is -0.360. The van der Waals surface area contributed by atoms with Crippen LogP contribution in [0, 0.1) is 25.1 Å². The Labute approximate surface area is 197 Å². The van der Waals surface area contributed by atoms with Gasteiger partial charge in [-0.15, -0.1) is 0 Å². The predicted octanol–water partition coefficient (Wildman–Crippen LogP) is 5.84. The summed E-state index contributed by atoms with van der Waals surface area (Å²) in [6.07, 6.45) is 6.25. The Balaban J connectivity index is 1.51. The zero-order chi connectivity index (χ0) is 24.4. The zero-order valence-corrected chi connectivity index (χ0v) is 20.2. The molecule has 1 fully saturated rings. The summed E-state index contributed by atoms with van der Waals surface area (Å²) < 4.78 is 19.0. The lowest BCUT2D eigenvalue weighted by Gasteiger charge is -2.44. The summed E-state index contributed by atoms with van der Waals surface area (Å²) in [4.78, 5) is 17.8. The number of hydrogen-bond donors (Lipinski definition) is 1. The van der Waals surface area contributed by atoms with Crippen molar-refractivity contribution in [3.63, 3.8) is 0 Å². The second kappa shape index (κ2) is 7.82. The summed E-state index contributed by atoms with van der Waals surface area (Å²) in [5.41, 5.74) is 4.70. The molecule has 2 atom stereocenters. The van der Waals surface area contributed by atoms with Crippen molar-refractivity contribution in [1.29, 1.82) is 0 Å². The molecule has 7 nitrogen and oxygen atoms in total. The van der Waals surface area contributed by atoms with Gasteiger partial charge in [0.05, 0.1) is 11.7 Å². The first-order chi connectivity index (χ1) is 16.0. The van der Waals surface area contributed by atoms with Crippen LogP contribution in [0.4, 0.5) is 9.18 Å². The number of benzene rings is 1. The van der Waals surface area contributed by atoms with Gasteiger partial charge >= 0.3 is 6.09 Å². The van der Waals surface area contributed by atoms with E-state index in [1.807, 2.05) is 53.7 Å². The van der Waals surface area contributed by atoms with E-state index < -0.39 is 6.09 Å². The fourth-order valence-corrected chi connectivity index (χ4v) is 5.25. The Morgan fingerprint density at radius 2 is 1.88 bits per heavy atom. The van der Waals surface area contributed by atoms with E-state index in [1.165, 1.54) is 11.0 Å². The van der Waals surface area contributed by atoms with Gasteiger partial charge in [-0.2, -0.15) is 5.10 Å². The molecule has 2 unspecified atom stereocenters. The predicted molar refractivity (Wildman–Crippen MR) is 130 cm³/mol. The molecule has 1 amide bonds. The molecule has 34 heavy (non-hydrogen) atoms. The first-order valence-electron chi connectivity index (χ1n) is 11.7. The molecule has 1 aliphatic heterocycles. The van der Waals surface area contributed by atoms with Crippen LogP contribution in [0.15, 0.2) is 36.8 Å². The van der Waals surface area contributed by atoms with Gasteiger partial charge < -0.3 is 14.4 Å². The number of halogens is 1. The van der Waals surface area contributed by atoms with Crippen molar-refractivity contribution >= 4 is 22.6 Å². The third-order valence-electron chi connectivity index (χ3n) is 6.96. The van der Waals surface area contributed by atoms with E-state index in [1.54, 1.807) is 0 Å². The molecule has 1 N–H and O–H groups in total. The zero-order valence-electron chi connectivity index (χ0n) is 20.2. The number of carboxylic acid groups (broad SMARTS) is 1. The summed E-state index contributed by atoms with van der Waals surface area (Å²) in [7, 11) is 0. The largest absolute Gasteiger partial charge is 0.465 e. The van der Waals surface area contributed by atoms with Crippen LogP contribution < -0.4 is 0 Å². The average Bonchev–Trinajstić information content (AvgIpc) is 3.36. The monoisotopic (exact) mass is 463 g/mol. The first-order valence-corrected chi connectivity index (χ1v) is 11.7. The second-order valence-corrected chi connectivity index (χ2v) is 10.6. The minimum atomic E-state index is -0.889. The molecule has 1 saturated heterocycles. The molecule has 5 rings (SSSR count). The van der Waals surface area contributed by atoms with Gasteiger partial charge in [0.2, 0.25) is 0 Å².